The van der Waals surface area contributed by atoms with E-state index in [1.54, 1.807) is 29.2 Å². The van der Waals surface area contributed by atoms with Gasteiger partial charge in [-0.15, -0.1) is 23.1 Å². The second-order valence-electron chi connectivity index (χ2n) is 3.87. The zero-order chi connectivity index (χ0) is 14.2. The van der Waals surface area contributed by atoms with Gasteiger partial charge in [-0.2, -0.15) is 0 Å². The number of hydrogen-bond acceptors (Lipinski definition) is 4. The third-order valence-corrected chi connectivity index (χ3v) is 4.49. The molecular formula is C15H14O3S2. The molecule has 0 bridgehead atoms. The first-order valence-corrected chi connectivity index (χ1v) is 7.91. The van der Waals surface area contributed by atoms with Crippen molar-refractivity contribution >= 4 is 35.1 Å². The van der Waals surface area contributed by atoms with E-state index in [1.807, 2.05) is 30.3 Å². The minimum absolute atomic E-state index is 0.646. The van der Waals surface area contributed by atoms with E-state index in [1.165, 1.54) is 4.21 Å². The van der Waals surface area contributed by atoms with Crippen LogP contribution in [0.15, 0.2) is 52.1 Å². The van der Waals surface area contributed by atoms with Gasteiger partial charge >= 0.3 is 5.97 Å². The molecule has 2 aromatic rings. The molecule has 0 aliphatic heterocycles. The van der Waals surface area contributed by atoms with Gasteiger partial charge in [-0.3, -0.25) is 0 Å². The van der Waals surface area contributed by atoms with Crippen LogP contribution in [0.4, 0.5) is 0 Å². The summed E-state index contributed by atoms with van der Waals surface area (Å²) < 4.78 is 6.92. The van der Waals surface area contributed by atoms with Gasteiger partial charge in [0.2, 0.25) is 0 Å². The Balaban J connectivity index is 1.74. The first-order valence-electron chi connectivity index (χ1n) is 6.04. The number of carboxylic acid groups (broad SMARTS) is 1. The molecule has 2 rings (SSSR count). The quantitative estimate of drug-likeness (QED) is 0.477. The maximum atomic E-state index is 10.4. The Bertz CT molecular complexity index is 559. The number of hydrogen-bond donors (Lipinski definition) is 1. The lowest BCUT2D eigenvalue weighted by atomic mass is 10.2. The molecule has 0 radical (unpaired) electrons. The molecule has 104 valence electrons. The number of carbonyl (C=O) groups is 1. The van der Waals surface area contributed by atoms with E-state index in [2.05, 4.69) is 11.4 Å². The standard InChI is InChI=1S/C15H14O3S2/c16-14(17)8-5-12-3-6-13(7-4-12)18-9-11-20-15-2-1-10-19-15/h1-8,10H,9,11H2,(H,16,17). The molecule has 1 aromatic heterocycles. The molecule has 5 heteroatoms. The van der Waals surface area contributed by atoms with Crippen LogP contribution in [0.5, 0.6) is 5.75 Å². The Morgan fingerprint density at radius 3 is 2.75 bits per heavy atom. The molecule has 0 fully saturated rings. The molecule has 1 heterocycles. The highest BCUT2D eigenvalue weighted by Gasteiger charge is 1.97. The van der Waals surface area contributed by atoms with Crippen LogP contribution in [0.3, 0.4) is 0 Å². The summed E-state index contributed by atoms with van der Waals surface area (Å²) in [5.74, 6) is 0.751. The molecule has 0 unspecified atom stereocenters. The summed E-state index contributed by atoms with van der Waals surface area (Å²) in [6, 6.07) is 11.5. The Morgan fingerprint density at radius 1 is 1.30 bits per heavy atom. The molecule has 0 saturated carbocycles. The average molecular weight is 306 g/mol. The van der Waals surface area contributed by atoms with Gasteiger partial charge in [0.25, 0.3) is 0 Å². The fourth-order valence-electron chi connectivity index (χ4n) is 1.49. The van der Waals surface area contributed by atoms with Crippen LogP contribution in [-0.2, 0) is 4.79 Å². The van der Waals surface area contributed by atoms with Crippen LogP contribution in [-0.4, -0.2) is 23.4 Å². The zero-order valence-electron chi connectivity index (χ0n) is 10.7. The van der Waals surface area contributed by atoms with Crippen LogP contribution < -0.4 is 4.74 Å². The van der Waals surface area contributed by atoms with E-state index in [0.717, 1.165) is 23.1 Å². The van der Waals surface area contributed by atoms with Crippen molar-refractivity contribution in [2.75, 3.05) is 12.4 Å². The largest absolute Gasteiger partial charge is 0.493 e. The maximum absolute atomic E-state index is 10.4. The summed E-state index contributed by atoms with van der Waals surface area (Å²) in [5.41, 5.74) is 0.840. The van der Waals surface area contributed by atoms with E-state index in [4.69, 9.17) is 9.84 Å². The van der Waals surface area contributed by atoms with E-state index < -0.39 is 5.97 Å². The van der Waals surface area contributed by atoms with Gasteiger partial charge < -0.3 is 9.84 Å². The van der Waals surface area contributed by atoms with Gasteiger partial charge in [0, 0.05) is 11.8 Å². The normalized spacial score (nSPS) is 10.8. The number of benzene rings is 1. The van der Waals surface area contributed by atoms with Crippen LogP contribution in [0.1, 0.15) is 5.56 Å². The first-order chi connectivity index (χ1) is 9.74. The van der Waals surface area contributed by atoms with Crippen LogP contribution in [0, 0.1) is 0 Å². The molecule has 1 N–H and O–H groups in total. The molecule has 0 saturated heterocycles. The van der Waals surface area contributed by atoms with Crippen molar-refractivity contribution < 1.29 is 14.6 Å². The lowest BCUT2D eigenvalue weighted by molar-refractivity contribution is -0.131. The van der Waals surface area contributed by atoms with Crippen LogP contribution in [0.2, 0.25) is 0 Å². The van der Waals surface area contributed by atoms with Gasteiger partial charge in [0.15, 0.2) is 0 Å². The van der Waals surface area contributed by atoms with Gasteiger partial charge in [-0.1, -0.05) is 18.2 Å². The summed E-state index contributed by atoms with van der Waals surface area (Å²) >= 11 is 3.51. The summed E-state index contributed by atoms with van der Waals surface area (Å²) in [6.07, 6.45) is 2.67. The highest BCUT2D eigenvalue weighted by molar-refractivity contribution is 8.01. The SMILES string of the molecule is O=C(O)C=Cc1ccc(OCCSc2cccs2)cc1. The number of rotatable bonds is 7. The topological polar surface area (TPSA) is 46.5 Å². The minimum atomic E-state index is -0.948. The smallest absolute Gasteiger partial charge is 0.328 e. The maximum Gasteiger partial charge on any atom is 0.328 e. The van der Waals surface area contributed by atoms with Gasteiger partial charge in [0.05, 0.1) is 10.8 Å². The summed E-state index contributed by atoms with van der Waals surface area (Å²) in [6.45, 7) is 0.646. The Hall–Kier alpha value is -1.72. The molecule has 1 aromatic carbocycles. The van der Waals surface area contributed by atoms with E-state index in [-0.39, 0.29) is 0 Å². The molecule has 0 aliphatic carbocycles. The Morgan fingerprint density at radius 2 is 2.10 bits per heavy atom. The monoisotopic (exact) mass is 306 g/mol. The number of carboxylic acids is 1. The molecule has 0 aliphatic rings. The number of thiophene rings is 1. The highest BCUT2D eigenvalue weighted by atomic mass is 32.2. The fraction of sp³-hybridized carbons (Fsp3) is 0.133. The van der Waals surface area contributed by atoms with E-state index in [9.17, 15) is 4.79 Å². The summed E-state index contributed by atoms with van der Waals surface area (Å²) in [5, 5.41) is 10.6. The number of aliphatic carboxylic acids is 1. The summed E-state index contributed by atoms with van der Waals surface area (Å²) in [7, 11) is 0. The van der Waals surface area contributed by atoms with Crippen molar-refractivity contribution in [1.29, 1.82) is 0 Å². The minimum Gasteiger partial charge on any atom is -0.493 e. The number of ether oxygens (including phenoxy) is 1. The Labute approximate surface area is 125 Å². The molecule has 3 nitrogen and oxygen atoms in total. The fourth-order valence-corrected chi connectivity index (χ4v) is 3.17. The van der Waals surface area contributed by atoms with E-state index >= 15 is 0 Å². The lowest BCUT2D eigenvalue weighted by Gasteiger charge is -2.05. The predicted molar refractivity (Wildman–Crippen MR) is 83.6 cm³/mol. The van der Waals surface area contributed by atoms with Gasteiger partial charge in [-0.05, 0) is 35.2 Å². The van der Waals surface area contributed by atoms with Crippen molar-refractivity contribution in [2.24, 2.45) is 0 Å². The third-order valence-electron chi connectivity index (χ3n) is 2.39. The second kappa shape index (κ2) is 7.77. The summed E-state index contributed by atoms with van der Waals surface area (Å²) in [4.78, 5) is 10.4. The second-order valence-corrected chi connectivity index (χ2v) is 6.21. The average Bonchev–Trinajstić information content (AvgIpc) is 2.96. The third kappa shape index (κ3) is 5.11. The molecular weight excluding hydrogens is 292 g/mol. The van der Waals surface area contributed by atoms with E-state index in [0.29, 0.717) is 6.61 Å². The van der Waals surface area contributed by atoms with Crippen LogP contribution in [0.25, 0.3) is 6.08 Å². The van der Waals surface area contributed by atoms with Crippen molar-refractivity contribution in [3.63, 3.8) is 0 Å². The van der Waals surface area contributed by atoms with Crippen molar-refractivity contribution in [1.82, 2.24) is 0 Å². The Kier molecular flexibility index (Phi) is 5.70. The van der Waals surface area contributed by atoms with Crippen molar-refractivity contribution in [3.05, 3.63) is 53.4 Å². The van der Waals surface area contributed by atoms with Crippen molar-refractivity contribution in [2.45, 2.75) is 4.21 Å². The molecule has 0 atom stereocenters. The number of thioether (sulfide) groups is 1. The molecule has 20 heavy (non-hydrogen) atoms. The zero-order valence-corrected chi connectivity index (χ0v) is 12.3. The van der Waals surface area contributed by atoms with Crippen LogP contribution >= 0.6 is 23.1 Å². The van der Waals surface area contributed by atoms with Gasteiger partial charge in [0.1, 0.15) is 5.75 Å². The first kappa shape index (κ1) is 14.7. The van der Waals surface area contributed by atoms with Gasteiger partial charge in [-0.25, -0.2) is 4.79 Å². The lowest BCUT2D eigenvalue weighted by Crippen LogP contribution is -1.99. The molecule has 0 spiro atoms. The van der Waals surface area contributed by atoms with Crippen molar-refractivity contribution in [3.8, 4) is 5.75 Å². The molecule has 0 amide bonds. The predicted octanol–water partition coefficient (Wildman–Crippen LogP) is 4.02. The highest BCUT2D eigenvalue weighted by Crippen LogP contribution is 2.23.